The lowest BCUT2D eigenvalue weighted by atomic mass is 9.95. The number of thioether (sulfide) groups is 1. The van der Waals surface area contributed by atoms with Crippen molar-refractivity contribution in [2.75, 3.05) is 5.75 Å². The van der Waals surface area contributed by atoms with Crippen molar-refractivity contribution in [3.05, 3.63) is 66.0 Å². The lowest BCUT2D eigenvalue weighted by Crippen LogP contribution is -2.50. The van der Waals surface area contributed by atoms with Gasteiger partial charge in [-0.15, -0.1) is 11.8 Å². The van der Waals surface area contributed by atoms with Gasteiger partial charge in [0.15, 0.2) is 0 Å². The van der Waals surface area contributed by atoms with Crippen LogP contribution in [0.15, 0.2) is 59.5 Å². The van der Waals surface area contributed by atoms with Crippen LogP contribution < -0.4 is 5.32 Å². The van der Waals surface area contributed by atoms with Crippen LogP contribution in [-0.4, -0.2) is 34.6 Å². The quantitative estimate of drug-likeness (QED) is 0.545. The molecule has 0 aromatic heterocycles. The molecule has 3 rings (SSSR count). The van der Waals surface area contributed by atoms with Crippen LogP contribution >= 0.6 is 11.8 Å². The summed E-state index contributed by atoms with van der Waals surface area (Å²) in [5.41, 5.74) is 0.420. The highest BCUT2D eigenvalue weighted by Gasteiger charge is 2.28. The van der Waals surface area contributed by atoms with E-state index in [2.05, 4.69) is 5.32 Å². The van der Waals surface area contributed by atoms with E-state index in [4.69, 9.17) is 0 Å². The second-order valence-corrected chi connectivity index (χ2v) is 9.21. The highest BCUT2D eigenvalue weighted by molar-refractivity contribution is 7.99. The number of amides is 2. The molecule has 0 radical (unpaired) electrons. The second-order valence-electron chi connectivity index (χ2n) is 8.04. The summed E-state index contributed by atoms with van der Waals surface area (Å²) in [6, 6.07) is 15.8. The first-order valence-corrected chi connectivity index (χ1v) is 12.0. The van der Waals surface area contributed by atoms with Gasteiger partial charge in [-0.1, -0.05) is 55.7 Å². The van der Waals surface area contributed by atoms with Crippen molar-refractivity contribution in [1.29, 1.82) is 0 Å². The second kappa shape index (κ2) is 11.9. The fourth-order valence-corrected chi connectivity index (χ4v) is 4.74. The predicted molar refractivity (Wildman–Crippen MR) is 123 cm³/mol. The molecule has 0 bridgehead atoms. The molecule has 31 heavy (non-hydrogen) atoms. The van der Waals surface area contributed by atoms with Gasteiger partial charge in [-0.05, 0) is 38.0 Å². The van der Waals surface area contributed by atoms with Crippen LogP contribution in [0.4, 0.5) is 4.39 Å². The van der Waals surface area contributed by atoms with Crippen LogP contribution in [0.5, 0.6) is 0 Å². The van der Waals surface area contributed by atoms with E-state index in [9.17, 15) is 14.0 Å². The normalized spacial score (nSPS) is 15.3. The van der Waals surface area contributed by atoms with Crippen molar-refractivity contribution in [2.45, 2.75) is 69.0 Å². The fraction of sp³-hybridized carbons (Fsp3) is 0.440. The zero-order chi connectivity index (χ0) is 22.1. The Morgan fingerprint density at radius 3 is 2.45 bits per heavy atom. The minimum atomic E-state index is -0.657. The standard InChI is InChI=1S/C25H31FN2O2S/c1-19(25(30)27-21-11-4-2-5-12-21)28(18-20-10-8-9-15-23(20)26)24(29)16-17-31-22-13-6-3-7-14-22/h3,6-10,13-15,19,21H,2,4-5,11-12,16-18H2,1H3,(H,27,30). The Labute approximate surface area is 188 Å². The molecule has 1 aliphatic carbocycles. The van der Waals surface area contributed by atoms with Gasteiger partial charge in [0.1, 0.15) is 11.9 Å². The zero-order valence-electron chi connectivity index (χ0n) is 18.1. The van der Waals surface area contributed by atoms with E-state index >= 15 is 0 Å². The zero-order valence-corrected chi connectivity index (χ0v) is 18.9. The number of benzene rings is 2. The van der Waals surface area contributed by atoms with Gasteiger partial charge in [-0.25, -0.2) is 4.39 Å². The molecule has 2 aromatic rings. The monoisotopic (exact) mass is 442 g/mol. The van der Waals surface area contributed by atoms with E-state index in [-0.39, 0.29) is 36.6 Å². The van der Waals surface area contributed by atoms with Crippen molar-refractivity contribution < 1.29 is 14.0 Å². The maximum Gasteiger partial charge on any atom is 0.242 e. The molecule has 1 unspecified atom stereocenters. The lowest BCUT2D eigenvalue weighted by Gasteiger charge is -2.31. The van der Waals surface area contributed by atoms with Gasteiger partial charge in [-0.2, -0.15) is 0 Å². The van der Waals surface area contributed by atoms with Gasteiger partial charge in [0.05, 0.1) is 0 Å². The first-order chi connectivity index (χ1) is 15.0. The number of halogens is 1. The Morgan fingerprint density at radius 1 is 1.06 bits per heavy atom. The summed E-state index contributed by atoms with van der Waals surface area (Å²) in [7, 11) is 0. The van der Waals surface area contributed by atoms with Gasteiger partial charge in [0, 0.05) is 35.2 Å². The molecule has 0 saturated heterocycles. The highest BCUT2D eigenvalue weighted by atomic mass is 32.2. The molecular weight excluding hydrogens is 411 g/mol. The summed E-state index contributed by atoms with van der Waals surface area (Å²) in [6.07, 6.45) is 5.69. The third kappa shape index (κ3) is 7.10. The van der Waals surface area contributed by atoms with Crippen LogP contribution in [0, 0.1) is 5.82 Å². The van der Waals surface area contributed by atoms with E-state index in [1.54, 1.807) is 36.9 Å². The summed E-state index contributed by atoms with van der Waals surface area (Å²) in [4.78, 5) is 28.6. The topological polar surface area (TPSA) is 49.4 Å². The molecule has 1 saturated carbocycles. The number of nitrogens with zero attached hydrogens (tertiary/aromatic N) is 1. The molecule has 1 fully saturated rings. The van der Waals surface area contributed by atoms with Crippen molar-refractivity contribution in [1.82, 2.24) is 10.2 Å². The molecule has 2 amide bonds. The Hall–Kier alpha value is -2.34. The van der Waals surface area contributed by atoms with Gasteiger partial charge in [0.2, 0.25) is 11.8 Å². The number of nitrogens with one attached hydrogen (secondary N) is 1. The van der Waals surface area contributed by atoms with E-state index < -0.39 is 6.04 Å². The minimum Gasteiger partial charge on any atom is -0.352 e. The van der Waals surface area contributed by atoms with Crippen molar-refractivity contribution >= 4 is 23.6 Å². The number of carbonyl (C=O) groups excluding carboxylic acids is 2. The van der Waals surface area contributed by atoms with Crippen molar-refractivity contribution in [3.63, 3.8) is 0 Å². The van der Waals surface area contributed by atoms with E-state index in [1.165, 1.54) is 17.4 Å². The summed E-state index contributed by atoms with van der Waals surface area (Å²) >= 11 is 1.60. The first-order valence-electron chi connectivity index (χ1n) is 11.1. The molecule has 2 aromatic carbocycles. The number of hydrogen-bond acceptors (Lipinski definition) is 3. The Balaban J connectivity index is 1.66. The van der Waals surface area contributed by atoms with Crippen LogP contribution in [0.1, 0.15) is 51.0 Å². The first kappa shape index (κ1) is 23.3. The fourth-order valence-electron chi connectivity index (χ4n) is 3.88. The van der Waals surface area contributed by atoms with Gasteiger partial charge in [-0.3, -0.25) is 9.59 Å². The molecule has 166 valence electrons. The third-order valence-electron chi connectivity index (χ3n) is 5.75. The van der Waals surface area contributed by atoms with E-state index in [0.29, 0.717) is 11.3 Å². The summed E-state index contributed by atoms with van der Waals surface area (Å²) in [5.74, 6) is -0.0581. The van der Waals surface area contributed by atoms with Gasteiger partial charge in [0.25, 0.3) is 0 Å². The van der Waals surface area contributed by atoms with Crippen LogP contribution in [0.2, 0.25) is 0 Å². The summed E-state index contributed by atoms with van der Waals surface area (Å²) < 4.78 is 14.3. The number of rotatable bonds is 9. The Kier molecular flexibility index (Phi) is 8.95. The molecule has 1 atom stereocenters. The lowest BCUT2D eigenvalue weighted by molar-refractivity contribution is -0.140. The van der Waals surface area contributed by atoms with Crippen molar-refractivity contribution in [2.24, 2.45) is 0 Å². The summed E-state index contributed by atoms with van der Waals surface area (Å²) in [5, 5.41) is 3.10. The number of carbonyl (C=O) groups is 2. The molecule has 0 heterocycles. The Bertz CT molecular complexity index is 856. The maximum atomic E-state index is 14.3. The third-order valence-corrected chi connectivity index (χ3v) is 6.76. The average molecular weight is 443 g/mol. The van der Waals surface area contributed by atoms with E-state index in [0.717, 1.165) is 30.6 Å². The molecular formula is C25H31FN2O2S. The minimum absolute atomic E-state index is 0.0841. The predicted octanol–water partition coefficient (Wildman–Crippen LogP) is 5.17. The van der Waals surface area contributed by atoms with Crippen LogP contribution in [0.3, 0.4) is 0 Å². The summed E-state index contributed by atoms with van der Waals surface area (Å²) in [6.45, 7) is 1.82. The maximum absolute atomic E-state index is 14.3. The molecule has 0 aliphatic heterocycles. The molecule has 0 spiro atoms. The SMILES string of the molecule is CC(C(=O)NC1CCCCC1)N(Cc1ccccc1F)C(=O)CCSc1ccccc1. The largest absolute Gasteiger partial charge is 0.352 e. The van der Waals surface area contributed by atoms with E-state index in [1.807, 2.05) is 30.3 Å². The van der Waals surface area contributed by atoms with Gasteiger partial charge < -0.3 is 10.2 Å². The highest BCUT2D eigenvalue weighted by Crippen LogP contribution is 2.21. The Morgan fingerprint density at radius 2 is 1.74 bits per heavy atom. The molecule has 6 heteroatoms. The van der Waals surface area contributed by atoms with Crippen LogP contribution in [-0.2, 0) is 16.1 Å². The smallest absolute Gasteiger partial charge is 0.242 e. The molecule has 4 nitrogen and oxygen atoms in total. The van der Waals surface area contributed by atoms with Gasteiger partial charge >= 0.3 is 0 Å². The van der Waals surface area contributed by atoms with Crippen LogP contribution in [0.25, 0.3) is 0 Å². The number of hydrogen-bond donors (Lipinski definition) is 1. The van der Waals surface area contributed by atoms with Crippen molar-refractivity contribution in [3.8, 4) is 0 Å². The molecule has 1 N–H and O–H groups in total. The average Bonchev–Trinajstić information content (AvgIpc) is 2.79. The molecule has 1 aliphatic rings.